The highest BCUT2D eigenvalue weighted by Crippen LogP contribution is 2.22. The van der Waals surface area contributed by atoms with Gasteiger partial charge >= 0.3 is 0 Å². The Morgan fingerprint density at radius 3 is 2.90 bits per heavy atom. The molecule has 2 aromatic heterocycles. The van der Waals surface area contributed by atoms with Crippen LogP contribution < -0.4 is 5.32 Å². The van der Waals surface area contributed by atoms with Crippen LogP contribution in [-0.2, 0) is 19.5 Å². The maximum absolute atomic E-state index is 4.43. The van der Waals surface area contributed by atoms with Gasteiger partial charge in [0.25, 0.3) is 0 Å². The van der Waals surface area contributed by atoms with Gasteiger partial charge in [-0.05, 0) is 45.2 Å². The topological polar surface area (TPSA) is 42.7 Å². The first-order chi connectivity index (χ1) is 10.1. The van der Waals surface area contributed by atoms with Crippen molar-refractivity contribution in [1.82, 2.24) is 20.1 Å². The van der Waals surface area contributed by atoms with E-state index in [2.05, 4.69) is 46.9 Å². The van der Waals surface area contributed by atoms with E-state index in [1.54, 1.807) is 0 Å². The third-order valence-corrected chi connectivity index (χ3v) is 5.28. The number of aromatic nitrogens is 3. The van der Waals surface area contributed by atoms with Gasteiger partial charge in [0.15, 0.2) is 0 Å². The van der Waals surface area contributed by atoms with Gasteiger partial charge in [0.2, 0.25) is 0 Å². The predicted octanol–water partition coefficient (Wildman–Crippen LogP) is 3.53. The summed E-state index contributed by atoms with van der Waals surface area (Å²) in [7, 11) is 0. The molecule has 3 rings (SSSR count). The van der Waals surface area contributed by atoms with E-state index in [4.69, 9.17) is 0 Å². The molecular formula is C16H24N4S. The molecular weight excluding hydrogens is 280 g/mol. The highest BCUT2D eigenvalue weighted by molar-refractivity contribution is 7.12. The summed E-state index contributed by atoms with van der Waals surface area (Å²) in [5, 5.41) is 12.4. The van der Waals surface area contributed by atoms with E-state index in [1.807, 2.05) is 11.3 Å². The molecule has 0 spiro atoms. The second-order valence-corrected chi connectivity index (χ2v) is 7.44. The molecule has 0 aliphatic carbocycles. The maximum atomic E-state index is 4.43. The van der Waals surface area contributed by atoms with E-state index in [0.29, 0.717) is 0 Å². The van der Waals surface area contributed by atoms with Crippen molar-refractivity contribution in [3.8, 4) is 0 Å². The number of thiophene rings is 1. The van der Waals surface area contributed by atoms with Gasteiger partial charge in [0, 0.05) is 29.3 Å². The van der Waals surface area contributed by atoms with Crippen LogP contribution in [0.15, 0.2) is 6.07 Å². The highest BCUT2D eigenvalue weighted by atomic mass is 32.1. The summed E-state index contributed by atoms with van der Waals surface area (Å²) < 4.78 is 2.33. The zero-order valence-electron chi connectivity index (χ0n) is 13.1. The average molecular weight is 304 g/mol. The zero-order chi connectivity index (χ0) is 14.8. The molecule has 0 saturated heterocycles. The molecule has 21 heavy (non-hydrogen) atoms. The van der Waals surface area contributed by atoms with Gasteiger partial charge in [-0.1, -0.05) is 6.42 Å². The fraction of sp³-hybridized carbons (Fsp3) is 0.625. The van der Waals surface area contributed by atoms with Gasteiger partial charge in [-0.3, -0.25) is 0 Å². The molecule has 0 amide bonds. The molecule has 1 aliphatic rings. The Hall–Kier alpha value is -1.20. The summed E-state index contributed by atoms with van der Waals surface area (Å²) in [6.07, 6.45) is 4.86. The lowest BCUT2D eigenvalue weighted by atomic mass is 10.2. The molecule has 114 valence electrons. The molecule has 5 heteroatoms. The van der Waals surface area contributed by atoms with E-state index in [1.165, 1.54) is 40.4 Å². The lowest BCUT2D eigenvalue weighted by molar-refractivity contribution is 0.502. The normalized spacial score (nSPS) is 16.5. The van der Waals surface area contributed by atoms with Crippen LogP contribution in [0, 0.1) is 13.8 Å². The van der Waals surface area contributed by atoms with Crippen molar-refractivity contribution >= 4 is 11.3 Å². The van der Waals surface area contributed by atoms with Crippen molar-refractivity contribution in [3.63, 3.8) is 0 Å². The van der Waals surface area contributed by atoms with Gasteiger partial charge in [0.1, 0.15) is 11.6 Å². The second-order valence-electron chi connectivity index (χ2n) is 5.98. The monoisotopic (exact) mass is 304 g/mol. The van der Waals surface area contributed by atoms with Gasteiger partial charge < -0.3 is 9.88 Å². The largest absolute Gasteiger partial charge is 0.314 e. The molecule has 1 atom stereocenters. The summed E-state index contributed by atoms with van der Waals surface area (Å²) in [6, 6.07) is 2.52. The maximum Gasteiger partial charge on any atom is 0.149 e. The lowest BCUT2D eigenvalue weighted by Gasteiger charge is -2.15. The predicted molar refractivity (Wildman–Crippen MR) is 86.6 cm³/mol. The molecule has 0 radical (unpaired) electrons. The van der Waals surface area contributed by atoms with Crippen LogP contribution in [-0.4, -0.2) is 14.8 Å². The van der Waals surface area contributed by atoms with Gasteiger partial charge in [-0.2, -0.15) is 0 Å². The Bertz CT molecular complexity index is 614. The number of hydrogen-bond acceptors (Lipinski definition) is 4. The Balaban J connectivity index is 1.69. The summed E-state index contributed by atoms with van der Waals surface area (Å²) in [4.78, 5) is 2.79. The molecule has 2 aromatic rings. The number of aryl methyl sites for hydroxylation is 3. The number of fused-ring (bicyclic) bond motifs is 1. The number of nitrogens with zero attached hydrogens (tertiary/aromatic N) is 3. The van der Waals surface area contributed by atoms with Crippen molar-refractivity contribution in [2.45, 2.75) is 65.6 Å². The number of nitrogens with one attached hydrogen (secondary N) is 1. The third kappa shape index (κ3) is 3.19. The zero-order valence-corrected chi connectivity index (χ0v) is 14.0. The van der Waals surface area contributed by atoms with Crippen LogP contribution in [0.4, 0.5) is 0 Å². The fourth-order valence-electron chi connectivity index (χ4n) is 3.04. The minimum atomic E-state index is 0.240. The third-order valence-electron chi connectivity index (χ3n) is 4.27. The molecule has 0 aromatic carbocycles. The average Bonchev–Trinajstić information content (AvgIpc) is 2.91. The molecule has 1 unspecified atom stereocenters. The van der Waals surface area contributed by atoms with Crippen LogP contribution in [0.5, 0.6) is 0 Å². The van der Waals surface area contributed by atoms with Crippen LogP contribution in [0.2, 0.25) is 0 Å². The Morgan fingerprint density at radius 2 is 2.14 bits per heavy atom. The first-order valence-corrected chi connectivity index (χ1v) is 8.68. The molecule has 1 aliphatic heterocycles. The first kappa shape index (κ1) is 14.7. The van der Waals surface area contributed by atoms with E-state index >= 15 is 0 Å². The summed E-state index contributed by atoms with van der Waals surface area (Å²) in [5.41, 5.74) is 1.40. The Morgan fingerprint density at radius 1 is 1.29 bits per heavy atom. The van der Waals surface area contributed by atoms with E-state index in [0.717, 1.165) is 25.3 Å². The van der Waals surface area contributed by atoms with E-state index in [-0.39, 0.29) is 6.04 Å². The molecule has 1 N–H and O–H groups in total. The van der Waals surface area contributed by atoms with Crippen molar-refractivity contribution in [3.05, 3.63) is 33.0 Å². The van der Waals surface area contributed by atoms with Crippen LogP contribution >= 0.6 is 11.3 Å². The summed E-state index contributed by atoms with van der Waals surface area (Å²) >= 11 is 1.87. The summed E-state index contributed by atoms with van der Waals surface area (Å²) in [6.45, 7) is 8.53. The van der Waals surface area contributed by atoms with Crippen molar-refractivity contribution in [1.29, 1.82) is 0 Å². The van der Waals surface area contributed by atoms with Crippen LogP contribution in [0.1, 0.15) is 59.2 Å². The van der Waals surface area contributed by atoms with Gasteiger partial charge in [-0.25, -0.2) is 0 Å². The lowest BCUT2D eigenvalue weighted by Crippen LogP contribution is -2.22. The van der Waals surface area contributed by atoms with Gasteiger partial charge in [0.05, 0.1) is 6.04 Å². The van der Waals surface area contributed by atoms with Gasteiger partial charge in [-0.15, -0.1) is 21.5 Å². The molecule has 4 nitrogen and oxygen atoms in total. The van der Waals surface area contributed by atoms with Crippen molar-refractivity contribution < 1.29 is 0 Å². The smallest absolute Gasteiger partial charge is 0.149 e. The van der Waals surface area contributed by atoms with Crippen LogP contribution in [0.25, 0.3) is 0 Å². The molecule has 0 fully saturated rings. The highest BCUT2D eigenvalue weighted by Gasteiger charge is 2.19. The molecule has 0 saturated carbocycles. The molecule has 3 heterocycles. The summed E-state index contributed by atoms with van der Waals surface area (Å²) in [5.74, 6) is 2.26. The standard InChI is InChI=1S/C16H24N4S/c1-11-9-14(13(3)21-11)10-17-12(2)16-19-18-15-7-5-4-6-8-20(15)16/h9,12,17H,4-8,10H2,1-3H3. The SMILES string of the molecule is Cc1cc(CNC(C)c2nnc3n2CCCCC3)c(C)s1. The Kier molecular flexibility index (Phi) is 4.40. The van der Waals surface area contributed by atoms with E-state index < -0.39 is 0 Å². The second kappa shape index (κ2) is 6.28. The first-order valence-electron chi connectivity index (χ1n) is 7.86. The van der Waals surface area contributed by atoms with Crippen molar-refractivity contribution in [2.75, 3.05) is 0 Å². The quantitative estimate of drug-likeness (QED) is 0.939. The minimum absolute atomic E-state index is 0.240. The fourth-order valence-corrected chi connectivity index (χ4v) is 3.99. The minimum Gasteiger partial charge on any atom is -0.314 e. The number of hydrogen-bond donors (Lipinski definition) is 1. The van der Waals surface area contributed by atoms with Crippen LogP contribution in [0.3, 0.4) is 0 Å². The number of rotatable bonds is 4. The molecule has 0 bridgehead atoms. The van der Waals surface area contributed by atoms with Crippen molar-refractivity contribution in [2.24, 2.45) is 0 Å². The Labute approximate surface area is 130 Å². The van der Waals surface area contributed by atoms with E-state index in [9.17, 15) is 0 Å².